The fraction of sp³-hybridized carbons (Fsp3) is 0.174. The van der Waals surface area contributed by atoms with E-state index >= 15 is 0 Å². The van der Waals surface area contributed by atoms with Gasteiger partial charge in [-0.3, -0.25) is 4.79 Å². The number of carbonyl (C=O) groups is 2. The van der Waals surface area contributed by atoms with E-state index in [4.69, 9.17) is 4.74 Å². The lowest BCUT2D eigenvalue weighted by Gasteiger charge is -2.14. The van der Waals surface area contributed by atoms with Crippen LogP contribution in [0.5, 0.6) is 0 Å². The second-order valence-electron chi connectivity index (χ2n) is 7.17. The number of rotatable bonds is 6. The number of Topliss-reactive ketones (excluding diaryl/α,β-unsaturated/α-hetero) is 1. The normalized spacial score (nSPS) is 11.8. The Labute approximate surface area is 179 Å². The van der Waals surface area contributed by atoms with Gasteiger partial charge in [-0.15, -0.1) is 5.10 Å². The maximum atomic E-state index is 13.1. The molecule has 2 aromatic carbocycles. The summed E-state index contributed by atoms with van der Waals surface area (Å²) in [4.78, 5) is 25.7. The zero-order chi connectivity index (χ0) is 22.0. The Morgan fingerprint density at radius 1 is 0.968 bits per heavy atom. The molecule has 156 valence electrons. The van der Waals surface area contributed by atoms with Crippen LogP contribution in [0, 0.1) is 13.8 Å². The molecule has 8 heteroatoms. The molecule has 0 aliphatic carbocycles. The van der Waals surface area contributed by atoms with Gasteiger partial charge in [0.1, 0.15) is 6.33 Å². The molecule has 8 nitrogen and oxygen atoms in total. The first-order valence-corrected chi connectivity index (χ1v) is 9.78. The summed E-state index contributed by atoms with van der Waals surface area (Å²) in [5.41, 5.74) is 4.16. The fourth-order valence-electron chi connectivity index (χ4n) is 3.54. The monoisotopic (exact) mass is 415 g/mol. The summed E-state index contributed by atoms with van der Waals surface area (Å²) in [6.07, 6.45) is 0.493. The second kappa shape index (κ2) is 8.35. The quantitative estimate of drug-likeness (QED) is 0.354. The molecule has 0 saturated carbocycles. The standard InChI is InChI=1S/C23H21N5O3/c1-15-12-21(16(2)28(15)19-9-5-4-6-10-19)22(29)17(3)31-23(30)18-8-7-11-20(13-18)27-14-24-25-26-27/h4-14,17H,1-3H3/t17-/m0/s1. The topological polar surface area (TPSA) is 91.9 Å². The highest BCUT2D eigenvalue weighted by Crippen LogP contribution is 2.23. The molecule has 0 aliphatic heterocycles. The van der Waals surface area contributed by atoms with Gasteiger partial charge in [-0.25, -0.2) is 9.48 Å². The molecule has 0 spiro atoms. The molecule has 0 N–H and O–H groups in total. The zero-order valence-corrected chi connectivity index (χ0v) is 17.4. The third-order valence-corrected chi connectivity index (χ3v) is 5.06. The summed E-state index contributed by atoms with van der Waals surface area (Å²) in [5.74, 6) is -0.840. The van der Waals surface area contributed by atoms with Crippen molar-refractivity contribution < 1.29 is 14.3 Å². The van der Waals surface area contributed by atoms with Crippen molar-refractivity contribution >= 4 is 11.8 Å². The summed E-state index contributed by atoms with van der Waals surface area (Å²) in [7, 11) is 0. The molecular formula is C23H21N5O3. The molecule has 0 fully saturated rings. The van der Waals surface area contributed by atoms with Crippen LogP contribution in [-0.2, 0) is 4.74 Å². The number of para-hydroxylation sites is 1. The Kier molecular flexibility index (Phi) is 5.44. The van der Waals surface area contributed by atoms with Crippen molar-refractivity contribution in [2.45, 2.75) is 26.9 Å². The first kappa shape index (κ1) is 20.2. The van der Waals surface area contributed by atoms with Gasteiger partial charge in [0.25, 0.3) is 0 Å². The van der Waals surface area contributed by atoms with Gasteiger partial charge in [-0.2, -0.15) is 0 Å². The average molecular weight is 415 g/mol. The first-order chi connectivity index (χ1) is 15.0. The SMILES string of the molecule is Cc1cc(C(=O)[C@H](C)OC(=O)c2cccc(-n3cnnn3)c2)c(C)n1-c1ccccc1. The smallest absolute Gasteiger partial charge is 0.338 e. The average Bonchev–Trinajstić information content (AvgIpc) is 3.42. The highest BCUT2D eigenvalue weighted by atomic mass is 16.5. The van der Waals surface area contributed by atoms with Gasteiger partial charge < -0.3 is 9.30 Å². The number of tetrazole rings is 1. The van der Waals surface area contributed by atoms with Gasteiger partial charge in [0.15, 0.2) is 6.10 Å². The third kappa shape index (κ3) is 4.00. The van der Waals surface area contributed by atoms with Gasteiger partial charge in [0.05, 0.1) is 11.3 Å². The Balaban J connectivity index is 1.53. The van der Waals surface area contributed by atoms with Gasteiger partial charge in [-0.05, 0) is 67.6 Å². The number of aryl methyl sites for hydroxylation is 1. The summed E-state index contributed by atoms with van der Waals surface area (Å²) in [6, 6.07) is 18.3. The highest BCUT2D eigenvalue weighted by Gasteiger charge is 2.25. The summed E-state index contributed by atoms with van der Waals surface area (Å²) < 4.78 is 8.92. The number of aromatic nitrogens is 5. The molecule has 31 heavy (non-hydrogen) atoms. The minimum Gasteiger partial charge on any atom is -0.451 e. The van der Waals surface area contributed by atoms with E-state index in [2.05, 4.69) is 15.5 Å². The van der Waals surface area contributed by atoms with Crippen molar-refractivity contribution in [2.24, 2.45) is 0 Å². The maximum Gasteiger partial charge on any atom is 0.338 e. The van der Waals surface area contributed by atoms with Gasteiger partial charge in [0.2, 0.25) is 5.78 Å². The van der Waals surface area contributed by atoms with Crippen LogP contribution in [0.15, 0.2) is 67.0 Å². The minimum atomic E-state index is -0.936. The van der Waals surface area contributed by atoms with Crippen LogP contribution in [0.2, 0.25) is 0 Å². The van der Waals surface area contributed by atoms with Crippen molar-refractivity contribution in [2.75, 3.05) is 0 Å². The zero-order valence-electron chi connectivity index (χ0n) is 17.4. The maximum absolute atomic E-state index is 13.1. The highest BCUT2D eigenvalue weighted by molar-refractivity contribution is 6.02. The van der Waals surface area contributed by atoms with E-state index < -0.39 is 12.1 Å². The molecule has 0 unspecified atom stereocenters. The minimum absolute atomic E-state index is 0.250. The van der Waals surface area contributed by atoms with Crippen LogP contribution in [-0.4, -0.2) is 42.6 Å². The van der Waals surface area contributed by atoms with Crippen molar-refractivity contribution in [1.82, 2.24) is 24.8 Å². The molecule has 1 atom stereocenters. The largest absolute Gasteiger partial charge is 0.451 e. The van der Waals surface area contributed by atoms with Crippen molar-refractivity contribution in [3.05, 3.63) is 89.5 Å². The lowest BCUT2D eigenvalue weighted by Crippen LogP contribution is -2.25. The van der Waals surface area contributed by atoms with E-state index in [9.17, 15) is 9.59 Å². The molecule has 0 bridgehead atoms. The van der Waals surface area contributed by atoms with Gasteiger partial charge in [0, 0.05) is 22.6 Å². The predicted octanol–water partition coefficient (Wildman–Crippen LogP) is 3.50. The second-order valence-corrected chi connectivity index (χ2v) is 7.17. The number of esters is 1. The molecule has 4 aromatic rings. The van der Waals surface area contributed by atoms with Crippen LogP contribution in [0.1, 0.15) is 39.0 Å². The van der Waals surface area contributed by atoms with Crippen molar-refractivity contribution in [3.63, 3.8) is 0 Å². The van der Waals surface area contributed by atoms with Crippen LogP contribution < -0.4 is 0 Å². The number of ketones is 1. The molecule has 4 rings (SSSR count). The van der Waals surface area contributed by atoms with Crippen LogP contribution in [0.4, 0.5) is 0 Å². The van der Waals surface area contributed by atoms with E-state index in [1.54, 1.807) is 31.2 Å². The van der Waals surface area contributed by atoms with E-state index in [0.29, 0.717) is 16.8 Å². The molecule has 0 amide bonds. The molecule has 0 radical (unpaired) electrons. The summed E-state index contributed by atoms with van der Waals surface area (Å²) in [5, 5.41) is 11.0. The fourth-order valence-corrected chi connectivity index (χ4v) is 3.54. The summed E-state index contributed by atoms with van der Waals surface area (Å²) >= 11 is 0. The third-order valence-electron chi connectivity index (χ3n) is 5.06. The number of nitrogens with zero attached hydrogens (tertiary/aromatic N) is 5. The van der Waals surface area contributed by atoms with E-state index in [1.807, 2.05) is 54.8 Å². The van der Waals surface area contributed by atoms with Crippen LogP contribution in [0.3, 0.4) is 0 Å². The van der Waals surface area contributed by atoms with Crippen molar-refractivity contribution in [1.29, 1.82) is 0 Å². The van der Waals surface area contributed by atoms with E-state index in [1.165, 1.54) is 11.0 Å². The number of benzene rings is 2. The number of ether oxygens (including phenoxy) is 1. The lowest BCUT2D eigenvalue weighted by atomic mass is 10.1. The Morgan fingerprint density at radius 2 is 1.71 bits per heavy atom. The molecule has 2 aromatic heterocycles. The van der Waals surface area contributed by atoms with E-state index in [-0.39, 0.29) is 5.78 Å². The Morgan fingerprint density at radius 3 is 2.42 bits per heavy atom. The van der Waals surface area contributed by atoms with Gasteiger partial charge in [-0.1, -0.05) is 24.3 Å². The molecule has 0 aliphatic rings. The van der Waals surface area contributed by atoms with Crippen LogP contribution in [0.25, 0.3) is 11.4 Å². The van der Waals surface area contributed by atoms with Crippen LogP contribution >= 0.6 is 0 Å². The van der Waals surface area contributed by atoms with Crippen molar-refractivity contribution in [3.8, 4) is 11.4 Å². The van der Waals surface area contributed by atoms with Gasteiger partial charge >= 0.3 is 5.97 Å². The Hall–Kier alpha value is -4.07. The number of carbonyl (C=O) groups excluding carboxylic acids is 2. The number of hydrogen-bond donors (Lipinski definition) is 0. The number of hydrogen-bond acceptors (Lipinski definition) is 6. The summed E-state index contributed by atoms with van der Waals surface area (Å²) in [6.45, 7) is 5.41. The van der Waals surface area contributed by atoms with E-state index in [0.717, 1.165) is 17.1 Å². The first-order valence-electron chi connectivity index (χ1n) is 9.78. The Bertz CT molecular complexity index is 1230. The molecule has 2 heterocycles. The molecular weight excluding hydrogens is 394 g/mol. The predicted molar refractivity (Wildman–Crippen MR) is 114 cm³/mol. The molecule has 0 saturated heterocycles. The lowest BCUT2D eigenvalue weighted by molar-refractivity contribution is 0.0318.